The summed E-state index contributed by atoms with van der Waals surface area (Å²) in [6, 6.07) is 8.01. The van der Waals surface area contributed by atoms with Gasteiger partial charge in [0, 0.05) is 17.0 Å². The maximum atomic E-state index is 12.2. The number of fused-ring (bicyclic) bond motifs is 1. The first-order valence-corrected chi connectivity index (χ1v) is 8.27. The third-order valence-electron chi connectivity index (χ3n) is 2.59. The average Bonchev–Trinajstić information content (AvgIpc) is 2.90. The van der Waals surface area contributed by atoms with Crippen molar-refractivity contribution in [1.29, 1.82) is 0 Å². The molecule has 0 aliphatic carbocycles. The van der Waals surface area contributed by atoms with Crippen LogP contribution in [0.1, 0.15) is 0 Å². The topological polar surface area (TPSA) is 72.0 Å². The Morgan fingerprint density at radius 2 is 2.05 bits per heavy atom. The summed E-state index contributed by atoms with van der Waals surface area (Å²) in [5, 5.41) is 3.11. The maximum Gasteiger partial charge on any atom is 0.263 e. The molecular formula is C12H8ClN3O2S2. The monoisotopic (exact) mass is 325 g/mol. The SMILES string of the molecule is O=S(=O)(Nc1nccs1)c1ccc2nc(Cl)ccc2c1. The fraction of sp³-hybridized carbons (Fsp3) is 0. The van der Waals surface area contributed by atoms with Gasteiger partial charge in [-0.3, -0.25) is 4.72 Å². The summed E-state index contributed by atoms with van der Waals surface area (Å²) in [5.74, 6) is 0. The van der Waals surface area contributed by atoms with Gasteiger partial charge in [-0.25, -0.2) is 18.4 Å². The number of aromatic nitrogens is 2. The van der Waals surface area contributed by atoms with Gasteiger partial charge in [0.25, 0.3) is 10.0 Å². The molecule has 102 valence electrons. The number of sulfonamides is 1. The Balaban J connectivity index is 2.03. The Hall–Kier alpha value is -1.70. The average molecular weight is 326 g/mol. The highest BCUT2D eigenvalue weighted by atomic mass is 35.5. The van der Waals surface area contributed by atoms with Crippen molar-refractivity contribution >= 4 is 49.0 Å². The van der Waals surface area contributed by atoms with Crippen LogP contribution in [0.25, 0.3) is 10.9 Å². The van der Waals surface area contributed by atoms with E-state index in [9.17, 15) is 8.42 Å². The standard InChI is InChI=1S/C12H8ClN3O2S2/c13-11-4-1-8-7-9(2-3-10(8)15-11)20(17,18)16-12-14-5-6-19-12/h1-7H,(H,14,16). The summed E-state index contributed by atoms with van der Waals surface area (Å²) < 4.78 is 26.9. The van der Waals surface area contributed by atoms with Gasteiger partial charge in [-0.1, -0.05) is 11.6 Å². The van der Waals surface area contributed by atoms with Gasteiger partial charge < -0.3 is 0 Å². The van der Waals surface area contributed by atoms with Crippen LogP contribution >= 0.6 is 22.9 Å². The summed E-state index contributed by atoms with van der Waals surface area (Å²) in [6.07, 6.45) is 1.54. The van der Waals surface area contributed by atoms with Crippen LogP contribution in [0.5, 0.6) is 0 Å². The second-order valence-electron chi connectivity index (χ2n) is 3.93. The zero-order valence-corrected chi connectivity index (χ0v) is 12.3. The number of benzene rings is 1. The molecule has 0 amide bonds. The lowest BCUT2D eigenvalue weighted by Crippen LogP contribution is -2.12. The van der Waals surface area contributed by atoms with Crippen molar-refractivity contribution in [2.45, 2.75) is 4.90 Å². The highest BCUT2D eigenvalue weighted by Gasteiger charge is 2.16. The molecule has 0 unspecified atom stereocenters. The molecule has 1 N–H and O–H groups in total. The summed E-state index contributed by atoms with van der Waals surface area (Å²) >= 11 is 7.01. The number of halogens is 1. The van der Waals surface area contributed by atoms with E-state index in [0.717, 1.165) is 0 Å². The van der Waals surface area contributed by atoms with Gasteiger partial charge >= 0.3 is 0 Å². The third kappa shape index (κ3) is 2.60. The lowest BCUT2D eigenvalue weighted by molar-refractivity contribution is 0.601. The van der Waals surface area contributed by atoms with Gasteiger partial charge in [0.15, 0.2) is 5.13 Å². The molecule has 0 atom stereocenters. The highest BCUT2D eigenvalue weighted by Crippen LogP contribution is 2.22. The first-order chi connectivity index (χ1) is 9.54. The largest absolute Gasteiger partial charge is 0.263 e. The minimum atomic E-state index is -3.65. The zero-order valence-electron chi connectivity index (χ0n) is 9.95. The number of hydrogen-bond acceptors (Lipinski definition) is 5. The van der Waals surface area contributed by atoms with Gasteiger partial charge in [0.1, 0.15) is 5.15 Å². The second kappa shape index (κ2) is 5.01. The molecule has 2 aromatic heterocycles. The normalized spacial score (nSPS) is 11.7. The number of nitrogens with one attached hydrogen (secondary N) is 1. The van der Waals surface area contributed by atoms with Gasteiger partial charge in [0.05, 0.1) is 10.4 Å². The summed E-state index contributed by atoms with van der Waals surface area (Å²) in [4.78, 5) is 8.17. The van der Waals surface area contributed by atoms with Gasteiger partial charge in [-0.15, -0.1) is 11.3 Å². The minimum absolute atomic E-state index is 0.157. The maximum absolute atomic E-state index is 12.2. The van der Waals surface area contributed by atoms with Crippen LogP contribution in [0.15, 0.2) is 46.8 Å². The van der Waals surface area contributed by atoms with E-state index in [-0.39, 0.29) is 4.90 Å². The van der Waals surface area contributed by atoms with E-state index in [1.807, 2.05) is 0 Å². The highest BCUT2D eigenvalue weighted by molar-refractivity contribution is 7.93. The summed E-state index contributed by atoms with van der Waals surface area (Å²) in [6.45, 7) is 0. The van der Waals surface area contributed by atoms with Gasteiger partial charge in [-0.05, 0) is 30.3 Å². The van der Waals surface area contributed by atoms with Crippen LogP contribution in [0.4, 0.5) is 5.13 Å². The molecule has 3 aromatic rings. The van der Waals surface area contributed by atoms with Crippen molar-refractivity contribution in [1.82, 2.24) is 9.97 Å². The molecule has 0 saturated carbocycles. The number of pyridine rings is 1. The molecule has 8 heteroatoms. The zero-order chi connectivity index (χ0) is 14.2. The molecule has 20 heavy (non-hydrogen) atoms. The molecular weight excluding hydrogens is 318 g/mol. The molecule has 0 bridgehead atoms. The van der Waals surface area contributed by atoms with E-state index in [1.54, 1.807) is 29.6 Å². The van der Waals surface area contributed by atoms with Crippen molar-refractivity contribution in [2.75, 3.05) is 4.72 Å². The van der Waals surface area contributed by atoms with Gasteiger partial charge in [0.2, 0.25) is 0 Å². The van der Waals surface area contributed by atoms with Gasteiger partial charge in [-0.2, -0.15) is 0 Å². The first-order valence-electron chi connectivity index (χ1n) is 5.53. The number of thiazole rings is 1. The van der Waals surface area contributed by atoms with E-state index in [2.05, 4.69) is 14.7 Å². The van der Waals surface area contributed by atoms with Crippen LogP contribution < -0.4 is 4.72 Å². The fourth-order valence-electron chi connectivity index (χ4n) is 1.69. The Bertz CT molecular complexity index is 864. The molecule has 2 heterocycles. The first kappa shape index (κ1) is 13.3. The van der Waals surface area contributed by atoms with Crippen LogP contribution in [0.2, 0.25) is 5.15 Å². The van der Waals surface area contributed by atoms with Crippen molar-refractivity contribution < 1.29 is 8.42 Å². The van der Waals surface area contributed by atoms with E-state index >= 15 is 0 Å². The Labute approximate surface area is 124 Å². The van der Waals surface area contributed by atoms with E-state index in [1.165, 1.54) is 23.6 Å². The number of rotatable bonds is 3. The van der Waals surface area contributed by atoms with Crippen LogP contribution in [-0.4, -0.2) is 18.4 Å². The molecule has 0 aliphatic heterocycles. The molecule has 0 fully saturated rings. The number of nitrogens with zero attached hydrogens (tertiary/aromatic N) is 2. The van der Waals surface area contributed by atoms with E-state index < -0.39 is 10.0 Å². The van der Waals surface area contributed by atoms with Crippen molar-refractivity contribution in [3.63, 3.8) is 0 Å². The quantitative estimate of drug-likeness (QED) is 0.751. The molecule has 0 spiro atoms. The number of hydrogen-bond donors (Lipinski definition) is 1. The molecule has 5 nitrogen and oxygen atoms in total. The van der Waals surface area contributed by atoms with Crippen LogP contribution in [-0.2, 0) is 10.0 Å². The van der Waals surface area contributed by atoms with Crippen LogP contribution in [0, 0.1) is 0 Å². The van der Waals surface area contributed by atoms with Crippen molar-refractivity contribution in [2.24, 2.45) is 0 Å². The van der Waals surface area contributed by atoms with E-state index in [0.29, 0.717) is 21.2 Å². The Morgan fingerprint density at radius 1 is 1.20 bits per heavy atom. The molecule has 0 radical (unpaired) electrons. The van der Waals surface area contributed by atoms with E-state index in [4.69, 9.17) is 11.6 Å². The third-order valence-corrected chi connectivity index (χ3v) is 4.96. The fourth-order valence-corrected chi connectivity index (χ4v) is 3.67. The lowest BCUT2D eigenvalue weighted by Gasteiger charge is -2.06. The predicted octanol–water partition coefficient (Wildman–Crippen LogP) is 3.15. The van der Waals surface area contributed by atoms with Crippen LogP contribution in [0.3, 0.4) is 0 Å². The van der Waals surface area contributed by atoms with Crippen molar-refractivity contribution in [3.8, 4) is 0 Å². The molecule has 1 aromatic carbocycles. The molecule has 0 saturated heterocycles. The smallest absolute Gasteiger partial charge is 0.255 e. The lowest BCUT2D eigenvalue weighted by atomic mass is 10.2. The van der Waals surface area contributed by atoms with Crippen molar-refractivity contribution in [3.05, 3.63) is 47.1 Å². The Morgan fingerprint density at radius 3 is 2.80 bits per heavy atom. The summed E-state index contributed by atoms with van der Waals surface area (Å²) in [5.41, 5.74) is 0.644. The molecule has 3 rings (SSSR count). The number of anilines is 1. The summed E-state index contributed by atoms with van der Waals surface area (Å²) in [7, 11) is -3.65. The second-order valence-corrected chi connectivity index (χ2v) is 6.90. The minimum Gasteiger partial charge on any atom is -0.255 e. The Kier molecular flexibility index (Phi) is 3.33. The molecule has 0 aliphatic rings. The predicted molar refractivity (Wildman–Crippen MR) is 79.7 cm³/mol.